The van der Waals surface area contributed by atoms with Gasteiger partial charge in [0.25, 0.3) is 0 Å². The second kappa shape index (κ2) is 3.64. The van der Waals surface area contributed by atoms with Gasteiger partial charge >= 0.3 is 0 Å². The monoisotopic (exact) mass is 196 g/mol. The Morgan fingerprint density at radius 3 is 2.14 bits per heavy atom. The van der Waals surface area contributed by atoms with Crippen molar-refractivity contribution in [1.82, 2.24) is 10.2 Å². The summed E-state index contributed by atoms with van der Waals surface area (Å²) in [6.07, 6.45) is 0. The molecule has 1 heterocycles. The van der Waals surface area contributed by atoms with Gasteiger partial charge in [-0.2, -0.15) is 10.2 Å². The van der Waals surface area contributed by atoms with Crippen LogP contribution in [-0.4, -0.2) is 10.2 Å². The smallest absolute Gasteiger partial charge is 0.148 e. The van der Waals surface area contributed by atoms with Gasteiger partial charge < -0.3 is 0 Å². The van der Waals surface area contributed by atoms with Crippen LogP contribution >= 0.6 is 0 Å². The van der Waals surface area contributed by atoms with E-state index in [0.717, 1.165) is 0 Å². The lowest BCUT2D eigenvalue weighted by molar-refractivity contribution is 0.519. The molecule has 0 N–H and O–H groups in total. The quantitative estimate of drug-likeness (QED) is 0.690. The molecule has 14 heavy (non-hydrogen) atoms. The number of hydrogen-bond acceptors (Lipinski definition) is 2. The Bertz CT molecular complexity index is 327. The van der Waals surface area contributed by atoms with Gasteiger partial charge in [0, 0.05) is 11.3 Å². The molecule has 0 bridgehead atoms. The summed E-state index contributed by atoms with van der Waals surface area (Å²) in [5, 5.41) is 7.96. The third-order valence-corrected chi connectivity index (χ3v) is 2.09. The maximum atomic E-state index is 13.5. The number of hydrogen-bond donors (Lipinski definition) is 0. The van der Waals surface area contributed by atoms with E-state index in [9.17, 15) is 4.39 Å². The number of nitrogens with zero attached hydrogens (tertiary/aromatic N) is 2. The Labute approximate surface area is 84.6 Å². The van der Waals surface area contributed by atoms with Gasteiger partial charge in [-0.25, -0.2) is 4.39 Å². The molecule has 0 aliphatic heterocycles. The third-order valence-electron chi connectivity index (χ3n) is 2.09. The SMILES string of the molecule is CC(C)c1nnc(C(C)(C)C)cc1F. The van der Waals surface area contributed by atoms with E-state index >= 15 is 0 Å². The van der Waals surface area contributed by atoms with E-state index in [0.29, 0.717) is 11.4 Å². The lowest BCUT2D eigenvalue weighted by Crippen LogP contribution is -2.16. The summed E-state index contributed by atoms with van der Waals surface area (Å²) in [4.78, 5) is 0. The van der Waals surface area contributed by atoms with Crippen LogP contribution in [-0.2, 0) is 5.41 Å². The van der Waals surface area contributed by atoms with Crippen LogP contribution < -0.4 is 0 Å². The molecule has 0 aliphatic carbocycles. The minimum atomic E-state index is -0.250. The van der Waals surface area contributed by atoms with Crippen molar-refractivity contribution in [2.75, 3.05) is 0 Å². The zero-order valence-electron chi connectivity index (χ0n) is 9.43. The van der Waals surface area contributed by atoms with Gasteiger partial charge in [0.1, 0.15) is 11.5 Å². The van der Waals surface area contributed by atoms with Gasteiger partial charge in [0.2, 0.25) is 0 Å². The Balaban J connectivity index is 3.13. The summed E-state index contributed by atoms with van der Waals surface area (Å²) < 4.78 is 13.5. The highest BCUT2D eigenvalue weighted by atomic mass is 19.1. The minimum Gasteiger partial charge on any atom is -0.205 e. The first-order valence-electron chi connectivity index (χ1n) is 4.86. The van der Waals surface area contributed by atoms with Crippen LogP contribution in [0.4, 0.5) is 4.39 Å². The molecule has 0 atom stereocenters. The Hall–Kier alpha value is -0.990. The average molecular weight is 196 g/mol. The predicted molar refractivity (Wildman–Crippen MR) is 54.8 cm³/mol. The highest BCUT2D eigenvalue weighted by Crippen LogP contribution is 2.22. The fraction of sp³-hybridized carbons (Fsp3) is 0.636. The molecule has 1 rings (SSSR count). The predicted octanol–water partition coefficient (Wildman–Crippen LogP) is 3.04. The van der Waals surface area contributed by atoms with Crippen molar-refractivity contribution in [3.8, 4) is 0 Å². The Morgan fingerprint density at radius 1 is 1.21 bits per heavy atom. The molecule has 0 aromatic carbocycles. The molecule has 0 aliphatic rings. The second-order valence-corrected chi connectivity index (χ2v) is 4.87. The summed E-state index contributed by atoms with van der Waals surface area (Å²) in [5.74, 6) is -0.170. The van der Waals surface area contributed by atoms with Crippen LogP contribution in [0.3, 0.4) is 0 Å². The van der Waals surface area contributed by atoms with Crippen molar-refractivity contribution >= 4 is 0 Å². The fourth-order valence-electron chi connectivity index (χ4n) is 1.14. The van der Waals surface area contributed by atoms with Crippen LogP contribution in [0.25, 0.3) is 0 Å². The largest absolute Gasteiger partial charge is 0.205 e. The van der Waals surface area contributed by atoms with E-state index in [1.165, 1.54) is 6.07 Å². The summed E-state index contributed by atoms with van der Waals surface area (Å²) >= 11 is 0. The number of rotatable bonds is 1. The molecule has 1 aromatic heterocycles. The molecule has 0 fully saturated rings. The van der Waals surface area contributed by atoms with Crippen molar-refractivity contribution < 1.29 is 4.39 Å². The van der Waals surface area contributed by atoms with Crippen LogP contribution in [0, 0.1) is 5.82 Å². The van der Waals surface area contributed by atoms with Gasteiger partial charge in [-0.1, -0.05) is 34.6 Å². The highest BCUT2D eigenvalue weighted by molar-refractivity contribution is 5.17. The van der Waals surface area contributed by atoms with Crippen LogP contribution in [0.1, 0.15) is 51.9 Å². The van der Waals surface area contributed by atoms with Crippen LogP contribution in [0.15, 0.2) is 6.07 Å². The van der Waals surface area contributed by atoms with Gasteiger partial charge in [0.15, 0.2) is 0 Å². The molecular formula is C11H17FN2. The molecule has 1 aromatic rings. The van der Waals surface area contributed by atoms with Crippen molar-refractivity contribution in [2.45, 2.75) is 46.0 Å². The van der Waals surface area contributed by atoms with Crippen molar-refractivity contribution in [3.05, 3.63) is 23.3 Å². The minimum absolute atomic E-state index is 0.0801. The normalized spacial score (nSPS) is 12.2. The zero-order valence-corrected chi connectivity index (χ0v) is 9.43. The topological polar surface area (TPSA) is 25.8 Å². The average Bonchev–Trinajstić information content (AvgIpc) is 2.01. The lowest BCUT2D eigenvalue weighted by atomic mass is 9.91. The van der Waals surface area contributed by atoms with E-state index < -0.39 is 0 Å². The molecule has 0 radical (unpaired) electrons. The maximum Gasteiger partial charge on any atom is 0.148 e. The fourth-order valence-corrected chi connectivity index (χ4v) is 1.14. The molecule has 0 amide bonds. The van der Waals surface area contributed by atoms with Gasteiger partial charge in [-0.05, 0) is 6.07 Å². The molecule has 78 valence electrons. The summed E-state index contributed by atoms with van der Waals surface area (Å²) in [6, 6.07) is 1.49. The molecule has 0 spiro atoms. The number of aromatic nitrogens is 2. The Morgan fingerprint density at radius 2 is 1.79 bits per heavy atom. The van der Waals surface area contributed by atoms with E-state index in [4.69, 9.17) is 0 Å². The van der Waals surface area contributed by atoms with Crippen molar-refractivity contribution in [1.29, 1.82) is 0 Å². The molecule has 0 unspecified atom stereocenters. The zero-order chi connectivity index (χ0) is 10.9. The molecule has 0 saturated carbocycles. The second-order valence-electron chi connectivity index (χ2n) is 4.87. The summed E-state index contributed by atoms with van der Waals surface area (Å²) in [5.41, 5.74) is 0.987. The first kappa shape index (κ1) is 11.1. The van der Waals surface area contributed by atoms with Crippen LogP contribution in [0.2, 0.25) is 0 Å². The van der Waals surface area contributed by atoms with Crippen molar-refractivity contribution in [3.63, 3.8) is 0 Å². The number of halogens is 1. The van der Waals surface area contributed by atoms with Gasteiger partial charge in [-0.15, -0.1) is 0 Å². The molecule has 2 nitrogen and oxygen atoms in total. The van der Waals surface area contributed by atoms with Gasteiger partial charge in [0.05, 0.1) is 5.69 Å². The van der Waals surface area contributed by atoms with E-state index in [-0.39, 0.29) is 17.2 Å². The third kappa shape index (κ3) is 2.28. The maximum absolute atomic E-state index is 13.5. The molecular weight excluding hydrogens is 179 g/mol. The van der Waals surface area contributed by atoms with Gasteiger partial charge in [-0.3, -0.25) is 0 Å². The van der Waals surface area contributed by atoms with Crippen molar-refractivity contribution in [2.24, 2.45) is 0 Å². The van der Waals surface area contributed by atoms with Crippen LogP contribution in [0.5, 0.6) is 0 Å². The lowest BCUT2D eigenvalue weighted by Gasteiger charge is -2.17. The standard InChI is InChI=1S/C11H17FN2/c1-7(2)10-8(12)6-9(13-14-10)11(3,4)5/h6-7H,1-5H3. The Kier molecular flexibility index (Phi) is 2.88. The van der Waals surface area contributed by atoms with E-state index in [2.05, 4.69) is 10.2 Å². The first-order valence-corrected chi connectivity index (χ1v) is 4.86. The first-order chi connectivity index (χ1) is 6.32. The molecule has 3 heteroatoms. The molecule has 0 saturated heterocycles. The summed E-state index contributed by atoms with van der Waals surface area (Å²) in [7, 11) is 0. The van der Waals surface area contributed by atoms with E-state index in [1.54, 1.807) is 0 Å². The summed E-state index contributed by atoms with van der Waals surface area (Å²) in [6.45, 7) is 9.79. The van der Waals surface area contributed by atoms with E-state index in [1.807, 2.05) is 34.6 Å². The highest BCUT2D eigenvalue weighted by Gasteiger charge is 2.19.